The zero-order valence-corrected chi connectivity index (χ0v) is 22.9. The van der Waals surface area contributed by atoms with E-state index < -0.39 is 42.1 Å². The monoisotopic (exact) mass is 540 g/mol. The lowest BCUT2D eigenvalue weighted by atomic mass is 9.94. The van der Waals surface area contributed by atoms with Crippen LogP contribution in [-0.2, 0) is 31.8 Å². The molecule has 4 rings (SSSR count). The summed E-state index contributed by atoms with van der Waals surface area (Å²) in [6.07, 6.45) is -1.04. The molecule has 2 aromatic carbocycles. The molecular formula is C30H40N2O7. The Morgan fingerprint density at radius 2 is 1.59 bits per heavy atom. The fourth-order valence-electron chi connectivity index (χ4n) is 5.04. The van der Waals surface area contributed by atoms with E-state index >= 15 is 0 Å². The van der Waals surface area contributed by atoms with Crippen LogP contribution in [0.1, 0.15) is 44.7 Å². The molecule has 0 radical (unpaired) electrons. The highest BCUT2D eigenvalue weighted by atomic mass is 16.7. The number of carbonyl (C=O) groups excluding carboxylic acids is 2. The van der Waals surface area contributed by atoms with Crippen LogP contribution in [0.2, 0.25) is 0 Å². The van der Waals surface area contributed by atoms with Gasteiger partial charge in [0, 0.05) is 6.04 Å². The van der Waals surface area contributed by atoms with Gasteiger partial charge in [-0.25, -0.2) is 9.59 Å². The van der Waals surface area contributed by atoms with Crippen LogP contribution in [0.3, 0.4) is 0 Å². The molecule has 3 N–H and O–H groups in total. The third-order valence-electron chi connectivity index (χ3n) is 6.88. The fourth-order valence-corrected chi connectivity index (χ4v) is 5.04. The molecule has 2 fully saturated rings. The second-order valence-corrected chi connectivity index (χ2v) is 11.2. The van der Waals surface area contributed by atoms with Crippen molar-refractivity contribution in [2.24, 2.45) is 5.92 Å². The highest BCUT2D eigenvalue weighted by molar-refractivity contribution is 5.68. The second-order valence-electron chi connectivity index (χ2n) is 11.2. The molecule has 6 atom stereocenters. The number of aliphatic hydroxyl groups excluding tert-OH is 1. The minimum absolute atomic E-state index is 0.0153. The number of fused-ring (bicyclic) bond motifs is 1. The molecule has 212 valence electrons. The first-order chi connectivity index (χ1) is 18.7. The van der Waals surface area contributed by atoms with Gasteiger partial charge >= 0.3 is 12.2 Å². The minimum Gasteiger partial charge on any atom is -0.444 e. The lowest BCUT2D eigenvalue weighted by Gasteiger charge is -2.29. The second kappa shape index (κ2) is 13.3. The van der Waals surface area contributed by atoms with Crippen molar-refractivity contribution < 1.29 is 33.6 Å². The summed E-state index contributed by atoms with van der Waals surface area (Å²) in [4.78, 5) is 25.6. The van der Waals surface area contributed by atoms with Crippen molar-refractivity contribution in [2.75, 3.05) is 13.2 Å². The Kier molecular flexibility index (Phi) is 9.83. The van der Waals surface area contributed by atoms with Crippen LogP contribution >= 0.6 is 0 Å². The smallest absolute Gasteiger partial charge is 0.407 e. The van der Waals surface area contributed by atoms with Crippen LogP contribution in [0, 0.1) is 5.92 Å². The topological polar surface area (TPSA) is 115 Å². The summed E-state index contributed by atoms with van der Waals surface area (Å²) in [6, 6.07) is 18.3. The summed E-state index contributed by atoms with van der Waals surface area (Å²) in [7, 11) is 0. The van der Waals surface area contributed by atoms with Crippen LogP contribution in [-0.4, -0.2) is 66.7 Å². The average Bonchev–Trinajstić information content (AvgIpc) is 3.49. The summed E-state index contributed by atoms with van der Waals surface area (Å²) < 4.78 is 22.3. The van der Waals surface area contributed by atoms with Crippen LogP contribution in [0.25, 0.3) is 0 Å². The highest BCUT2D eigenvalue weighted by Crippen LogP contribution is 2.33. The number of alkyl carbamates (subject to hydrolysis) is 2. The summed E-state index contributed by atoms with van der Waals surface area (Å²) in [6.45, 7) is 6.27. The molecular weight excluding hydrogens is 500 g/mol. The first kappa shape index (κ1) is 28.9. The van der Waals surface area contributed by atoms with E-state index in [0.29, 0.717) is 19.4 Å². The van der Waals surface area contributed by atoms with Crippen molar-refractivity contribution in [1.82, 2.24) is 10.6 Å². The third-order valence-corrected chi connectivity index (χ3v) is 6.88. The van der Waals surface area contributed by atoms with E-state index in [4.69, 9.17) is 18.9 Å². The number of ether oxygens (including phenoxy) is 4. The number of aliphatic hydroxyl groups is 1. The van der Waals surface area contributed by atoms with Crippen LogP contribution in [0.15, 0.2) is 60.7 Å². The maximum Gasteiger partial charge on any atom is 0.407 e. The minimum atomic E-state index is -0.983. The summed E-state index contributed by atoms with van der Waals surface area (Å²) in [5.74, 6) is 0.0153. The molecule has 39 heavy (non-hydrogen) atoms. The first-order valence-electron chi connectivity index (χ1n) is 13.6. The van der Waals surface area contributed by atoms with Gasteiger partial charge < -0.3 is 34.7 Å². The summed E-state index contributed by atoms with van der Waals surface area (Å²) >= 11 is 0. The Bertz CT molecular complexity index is 1060. The van der Waals surface area contributed by atoms with Crippen molar-refractivity contribution in [2.45, 2.75) is 82.6 Å². The van der Waals surface area contributed by atoms with E-state index in [1.165, 1.54) is 0 Å². The van der Waals surface area contributed by atoms with E-state index in [1.807, 2.05) is 60.7 Å². The maximum atomic E-state index is 13.0. The number of hydrogen-bond acceptors (Lipinski definition) is 7. The first-order valence-corrected chi connectivity index (χ1v) is 13.6. The quantitative estimate of drug-likeness (QED) is 0.418. The molecule has 2 aliphatic heterocycles. The van der Waals surface area contributed by atoms with Crippen molar-refractivity contribution in [1.29, 1.82) is 0 Å². The van der Waals surface area contributed by atoms with Crippen molar-refractivity contribution in [3.05, 3.63) is 71.8 Å². The Balaban J connectivity index is 1.45. The molecule has 2 saturated heterocycles. The Labute approximate surface area is 230 Å². The Morgan fingerprint density at radius 3 is 2.23 bits per heavy atom. The van der Waals surface area contributed by atoms with Crippen molar-refractivity contribution >= 4 is 12.2 Å². The van der Waals surface area contributed by atoms with Crippen molar-refractivity contribution in [3.8, 4) is 0 Å². The zero-order valence-electron chi connectivity index (χ0n) is 22.9. The molecule has 2 heterocycles. The standard InChI is InChI=1S/C30H40N2O7/c1-30(2,3)39-29(35)31-22(16-20-10-6-4-7-11-20)18-25(33)24(17-21-12-8-5-9-13-21)32-28(34)38-26-19-37-27-23(26)14-15-36-27/h4-13,22-27,33H,14-19H2,1-3H3,(H,31,35)(H,32,34)/t22-,23?,24-,25-,26+,27?/m0/s1. The van der Waals surface area contributed by atoms with Gasteiger partial charge in [-0.05, 0) is 57.6 Å². The lowest BCUT2D eigenvalue weighted by molar-refractivity contribution is -0.0907. The average molecular weight is 541 g/mol. The van der Waals surface area contributed by atoms with Gasteiger partial charge in [0.25, 0.3) is 0 Å². The van der Waals surface area contributed by atoms with Crippen LogP contribution in [0.5, 0.6) is 0 Å². The van der Waals surface area contributed by atoms with Crippen LogP contribution in [0.4, 0.5) is 9.59 Å². The van der Waals surface area contributed by atoms with E-state index in [0.717, 1.165) is 17.5 Å². The van der Waals surface area contributed by atoms with Gasteiger partial charge in [-0.1, -0.05) is 60.7 Å². The molecule has 0 aromatic heterocycles. The molecule has 0 spiro atoms. The fraction of sp³-hybridized carbons (Fsp3) is 0.533. The predicted molar refractivity (Wildman–Crippen MR) is 145 cm³/mol. The molecule has 9 nitrogen and oxygen atoms in total. The SMILES string of the molecule is CC(C)(C)OC(=O)N[C@@H](Cc1ccccc1)C[C@H](O)[C@H](Cc1ccccc1)NC(=O)O[C@@H]1COC2OCCC21. The number of benzene rings is 2. The van der Waals surface area contributed by atoms with Gasteiger partial charge in [-0.15, -0.1) is 0 Å². The van der Waals surface area contributed by atoms with Gasteiger partial charge in [0.2, 0.25) is 0 Å². The number of hydrogen-bond donors (Lipinski definition) is 3. The largest absolute Gasteiger partial charge is 0.444 e. The molecule has 0 saturated carbocycles. The molecule has 0 aliphatic carbocycles. The Morgan fingerprint density at radius 1 is 0.949 bits per heavy atom. The summed E-state index contributed by atoms with van der Waals surface area (Å²) in [5, 5.41) is 17.2. The van der Waals surface area contributed by atoms with Crippen LogP contribution < -0.4 is 10.6 Å². The van der Waals surface area contributed by atoms with Gasteiger partial charge in [0.05, 0.1) is 31.3 Å². The van der Waals surface area contributed by atoms with Gasteiger partial charge in [0.15, 0.2) is 6.29 Å². The van der Waals surface area contributed by atoms with Gasteiger partial charge in [-0.2, -0.15) is 0 Å². The Hall–Kier alpha value is -3.14. The van der Waals surface area contributed by atoms with E-state index in [2.05, 4.69) is 10.6 Å². The summed E-state index contributed by atoms with van der Waals surface area (Å²) in [5.41, 5.74) is 1.30. The zero-order chi connectivity index (χ0) is 27.8. The predicted octanol–water partition coefficient (Wildman–Crippen LogP) is 3.97. The molecule has 2 amide bonds. The van der Waals surface area contributed by atoms with E-state index in [9.17, 15) is 14.7 Å². The number of rotatable bonds is 10. The number of amides is 2. The normalized spacial score (nSPS) is 22.8. The van der Waals surface area contributed by atoms with Gasteiger partial charge in [0.1, 0.15) is 11.7 Å². The maximum absolute atomic E-state index is 13.0. The molecule has 2 aromatic rings. The third kappa shape index (κ3) is 8.95. The lowest BCUT2D eigenvalue weighted by Crippen LogP contribution is -2.50. The molecule has 2 aliphatic rings. The van der Waals surface area contributed by atoms with Gasteiger partial charge in [-0.3, -0.25) is 0 Å². The van der Waals surface area contributed by atoms with E-state index in [1.54, 1.807) is 20.8 Å². The molecule has 0 bridgehead atoms. The molecule has 2 unspecified atom stereocenters. The molecule has 9 heteroatoms. The number of carbonyl (C=O) groups is 2. The van der Waals surface area contributed by atoms with E-state index in [-0.39, 0.29) is 25.2 Å². The van der Waals surface area contributed by atoms with Crippen molar-refractivity contribution in [3.63, 3.8) is 0 Å². The highest BCUT2D eigenvalue weighted by Gasteiger charge is 2.44. The number of nitrogens with one attached hydrogen (secondary N) is 2.